The lowest BCUT2D eigenvalue weighted by Gasteiger charge is -2.35. The maximum absolute atomic E-state index is 12.9. The summed E-state index contributed by atoms with van der Waals surface area (Å²) in [6, 6.07) is 20.6. The number of aromatic nitrogens is 2. The molecule has 0 unspecified atom stereocenters. The largest absolute Gasteiger partial charge is 0.353 e. The minimum absolute atomic E-state index is 0.339. The van der Waals surface area contributed by atoms with Crippen molar-refractivity contribution in [2.24, 2.45) is 0 Å². The summed E-state index contributed by atoms with van der Waals surface area (Å²) in [4.78, 5) is 13.1. The van der Waals surface area contributed by atoms with Gasteiger partial charge in [-0.3, -0.25) is 0 Å². The first-order chi connectivity index (χ1) is 14.6. The van der Waals surface area contributed by atoms with Gasteiger partial charge >= 0.3 is 0 Å². The zero-order valence-electron chi connectivity index (χ0n) is 16.2. The fraction of sp³-hybridized carbons (Fsp3) is 0.182. The summed E-state index contributed by atoms with van der Waals surface area (Å²) in [7, 11) is -3.48. The number of piperazine rings is 1. The van der Waals surface area contributed by atoms with E-state index in [4.69, 9.17) is 9.97 Å². The van der Waals surface area contributed by atoms with Crippen molar-refractivity contribution in [3.8, 4) is 10.7 Å². The Balaban J connectivity index is 1.45. The van der Waals surface area contributed by atoms with Gasteiger partial charge in [0.2, 0.25) is 10.0 Å². The SMILES string of the molecule is O=S(=O)(c1ccccc1)N1CCN(c2nc(-c3cccs3)nc3ccccc23)CC1. The van der Waals surface area contributed by atoms with Crippen LogP contribution in [-0.2, 0) is 10.0 Å². The van der Waals surface area contributed by atoms with E-state index in [0.717, 1.165) is 21.6 Å². The predicted octanol–water partition coefficient (Wildman–Crippen LogP) is 3.87. The van der Waals surface area contributed by atoms with Crippen LogP contribution in [0.25, 0.3) is 21.6 Å². The topological polar surface area (TPSA) is 66.4 Å². The number of fused-ring (bicyclic) bond motifs is 1. The third kappa shape index (κ3) is 3.47. The lowest BCUT2D eigenvalue weighted by Crippen LogP contribution is -2.49. The van der Waals surface area contributed by atoms with Crippen LogP contribution in [0.15, 0.2) is 77.0 Å². The lowest BCUT2D eigenvalue weighted by atomic mass is 10.2. The van der Waals surface area contributed by atoms with Crippen molar-refractivity contribution in [3.63, 3.8) is 0 Å². The first kappa shape index (κ1) is 19.2. The van der Waals surface area contributed by atoms with Crippen LogP contribution in [0, 0.1) is 0 Å². The molecule has 0 N–H and O–H groups in total. The molecule has 30 heavy (non-hydrogen) atoms. The summed E-state index contributed by atoms with van der Waals surface area (Å²) in [6.45, 7) is 2.00. The molecule has 0 saturated carbocycles. The van der Waals surface area contributed by atoms with Crippen LogP contribution < -0.4 is 4.90 Å². The molecule has 0 aliphatic carbocycles. The van der Waals surface area contributed by atoms with Crippen molar-refractivity contribution in [1.29, 1.82) is 0 Å². The van der Waals surface area contributed by atoms with E-state index in [-0.39, 0.29) is 0 Å². The number of nitrogens with zero attached hydrogens (tertiary/aromatic N) is 4. The van der Waals surface area contributed by atoms with Crippen LogP contribution >= 0.6 is 11.3 Å². The molecule has 5 rings (SSSR count). The summed E-state index contributed by atoms with van der Waals surface area (Å²) in [5.74, 6) is 1.57. The van der Waals surface area contributed by atoms with E-state index in [1.165, 1.54) is 0 Å². The fourth-order valence-corrected chi connectivity index (χ4v) is 5.80. The smallest absolute Gasteiger partial charge is 0.243 e. The molecule has 0 bridgehead atoms. The molecule has 0 radical (unpaired) electrons. The number of hydrogen-bond acceptors (Lipinski definition) is 6. The Morgan fingerprint density at radius 2 is 1.53 bits per heavy atom. The second-order valence-electron chi connectivity index (χ2n) is 7.07. The Morgan fingerprint density at radius 3 is 2.27 bits per heavy atom. The molecule has 0 atom stereocenters. The van der Waals surface area contributed by atoms with Gasteiger partial charge in [0.15, 0.2) is 5.82 Å². The molecule has 1 fully saturated rings. The molecule has 2 aromatic heterocycles. The molecule has 1 aliphatic heterocycles. The van der Waals surface area contributed by atoms with Crippen molar-refractivity contribution in [1.82, 2.24) is 14.3 Å². The van der Waals surface area contributed by atoms with E-state index < -0.39 is 10.0 Å². The highest BCUT2D eigenvalue weighted by atomic mass is 32.2. The first-order valence-corrected chi connectivity index (χ1v) is 12.1. The number of anilines is 1. The zero-order valence-corrected chi connectivity index (χ0v) is 17.8. The minimum Gasteiger partial charge on any atom is -0.353 e. The zero-order chi connectivity index (χ0) is 20.6. The maximum atomic E-state index is 12.9. The van der Waals surface area contributed by atoms with Gasteiger partial charge in [0.25, 0.3) is 0 Å². The Hall–Kier alpha value is -2.81. The second kappa shape index (κ2) is 7.79. The van der Waals surface area contributed by atoms with Gasteiger partial charge in [-0.25, -0.2) is 18.4 Å². The average molecular weight is 437 g/mol. The summed E-state index contributed by atoms with van der Waals surface area (Å²) in [5.41, 5.74) is 0.894. The summed E-state index contributed by atoms with van der Waals surface area (Å²) < 4.78 is 27.4. The number of para-hydroxylation sites is 1. The monoisotopic (exact) mass is 436 g/mol. The van der Waals surface area contributed by atoms with Gasteiger partial charge in [-0.15, -0.1) is 11.3 Å². The average Bonchev–Trinajstić information content (AvgIpc) is 3.34. The Morgan fingerprint density at radius 1 is 0.800 bits per heavy atom. The fourth-order valence-electron chi connectivity index (χ4n) is 3.70. The molecule has 4 aromatic rings. The van der Waals surface area contributed by atoms with Gasteiger partial charge in [-0.2, -0.15) is 4.31 Å². The lowest BCUT2D eigenvalue weighted by molar-refractivity contribution is 0.384. The van der Waals surface area contributed by atoms with E-state index in [1.54, 1.807) is 39.9 Å². The van der Waals surface area contributed by atoms with Crippen molar-refractivity contribution in [3.05, 3.63) is 72.1 Å². The van der Waals surface area contributed by atoms with Crippen LogP contribution in [0.4, 0.5) is 5.82 Å². The number of rotatable bonds is 4. The Labute approximate surface area is 179 Å². The first-order valence-electron chi connectivity index (χ1n) is 9.74. The molecule has 2 aromatic carbocycles. The van der Waals surface area contributed by atoms with Crippen molar-refractivity contribution >= 4 is 38.1 Å². The molecule has 3 heterocycles. The highest BCUT2D eigenvalue weighted by molar-refractivity contribution is 7.89. The van der Waals surface area contributed by atoms with Crippen molar-refractivity contribution < 1.29 is 8.42 Å². The van der Waals surface area contributed by atoms with Crippen LogP contribution in [0.2, 0.25) is 0 Å². The molecule has 152 valence electrons. The standard InChI is InChI=1S/C22H20N4O2S2/c27-30(28,17-7-2-1-3-8-17)26-14-12-25(13-15-26)22-18-9-4-5-10-19(18)23-21(24-22)20-11-6-16-29-20/h1-11,16H,12-15H2. The summed E-state index contributed by atoms with van der Waals surface area (Å²) >= 11 is 1.61. The molecule has 0 amide bonds. The Bertz CT molecular complexity index is 1270. The Kier molecular flexibility index (Phi) is 4.98. The maximum Gasteiger partial charge on any atom is 0.243 e. The molecule has 1 saturated heterocycles. The molecule has 8 heteroatoms. The third-order valence-corrected chi connectivity index (χ3v) is 8.02. The van der Waals surface area contributed by atoms with E-state index in [0.29, 0.717) is 36.9 Å². The number of thiophene rings is 1. The van der Waals surface area contributed by atoms with E-state index in [2.05, 4.69) is 4.90 Å². The van der Waals surface area contributed by atoms with Gasteiger partial charge in [-0.05, 0) is 35.7 Å². The van der Waals surface area contributed by atoms with Gasteiger partial charge in [-0.1, -0.05) is 36.4 Å². The van der Waals surface area contributed by atoms with Crippen LogP contribution in [0.3, 0.4) is 0 Å². The molecule has 6 nitrogen and oxygen atoms in total. The summed E-state index contributed by atoms with van der Waals surface area (Å²) in [6.07, 6.45) is 0. The number of benzene rings is 2. The van der Waals surface area contributed by atoms with Crippen molar-refractivity contribution in [2.45, 2.75) is 4.90 Å². The minimum atomic E-state index is -3.48. The van der Waals surface area contributed by atoms with Gasteiger partial charge in [0, 0.05) is 31.6 Å². The second-order valence-corrected chi connectivity index (χ2v) is 9.96. The van der Waals surface area contributed by atoms with Gasteiger partial charge in [0.05, 0.1) is 15.3 Å². The van der Waals surface area contributed by atoms with Crippen molar-refractivity contribution in [2.75, 3.05) is 31.1 Å². The molecule has 0 spiro atoms. The number of hydrogen-bond donors (Lipinski definition) is 0. The van der Waals surface area contributed by atoms with Crippen LogP contribution in [0.5, 0.6) is 0 Å². The highest BCUT2D eigenvalue weighted by Crippen LogP contribution is 2.30. The van der Waals surface area contributed by atoms with E-state index in [1.807, 2.05) is 47.8 Å². The summed E-state index contributed by atoms with van der Waals surface area (Å²) in [5, 5.41) is 3.00. The van der Waals surface area contributed by atoms with Gasteiger partial charge in [0.1, 0.15) is 5.82 Å². The normalized spacial score (nSPS) is 15.5. The third-order valence-electron chi connectivity index (χ3n) is 5.24. The molecule has 1 aliphatic rings. The molecular formula is C22H20N4O2S2. The van der Waals surface area contributed by atoms with E-state index >= 15 is 0 Å². The number of sulfonamides is 1. The predicted molar refractivity (Wildman–Crippen MR) is 120 cm³/mol. The van der Waals surface area contributed by atoms with Gasteiger partial charge < -0.3 is 4.90 Å². The van der Waals surface area contributed by atoms with Crippen LogP contribution in [0.1, 0.15) is 0 Å². The van der Waals surface area contributed by atoms with Crippen LogP contribution in [-0.4, -0.2) is 48.9 Å². The molecular weight excluding hydrogens is 416 g/mol. The highest BCUT2D eigenvalue weighted by Gasteiger charge is 2.29. The van der Waals surface area contributed by atoms with E-state index in [9.17, 15) is 8.42 Å². The quantitative estimate of drug-likeness (QED) is 0.486.